The fourth-order valence-corrected chi connectivity index (χ4v) is 4.35. The van der Waals surface area contributed by atoms with Gasteiger partial charge < -0.3 is 9.73 Å². The lowest BCUT2D eigenvalue weighted by Gasteiger charge is -2.22. The summed E-state index contributed by atoms with van der Waals surface area (Å²) in [6, 6.07) is 2.17. The molecule has 0 radical (unpaired) electrons. The Morgan fingerprint density at radius 3 is 2.94 bits per heavy atom. The highest BCUT2D eigenvalue weighted by molar-refractivity contribution is 7.91. The summed E-state index contributed by atoms with van der Waals surface area (Å²) < 4.78 is 28.1. The summed E-state index contributed by atoms with van der Waals surface area (Å²) in [5, 5.41) is 3.39. The van der Waals surface area contributed by atoms with Crippen LogP contribution < -0.4 is 5.32 Å². The monoisotopic (exact) mass is 257 g/mol. The second kappa shape index (κ2) is 5.23. The molecule has 2 atom stereocenters. The molecule has 5 heteroatoms. The van der Waals surface area contributed by atoms with Crippen LogP contribution in [0.3, 0.4) is 0 Å². The zero-order chi connectivity index (χ0) is 12.3. The minimum Gasteiger partial charge on any atom is -0.472 e. The molecule has 4 nitrogen and oxygen atoms in total. The van der Waals surface area contributed by atoms with Crippen LogP contribution >= 0.6 is 0 Å². The number of nitrogens with one attached hydrogen (secondary N) is 1. The third-order valence-electron chi connectivity index (χ3n) is 3.34. The van der Waals surface area contributed by atoms with Crippen LogP contribution in [0, 0.1) is 5.92 Å². The third kappa shape index (κ3) is 3.33. The molecular weight excluding hydrogens is 238 g/mol. The van der Waals surface area contributed by atoms with Gasteiger partial charge in [0.2, 0.25) is 0 Å². The molecule has 1 N–H and O–H groups in total. The molecule has 17 heavy (non-hydrogen) atoms. The molecule has 2 unspecified atom stereocenters. The van der Waals surface area contributed by atoms with E-state index in [2.05, 4.69) is 5.32 Å². The summed E-state index contributed by atoms with van der Waals surface area (Å²) in [4.78, 5) is 0. The van der Waals surface area contributed by atoms with Crippen LogP contribution in [0.5, 0.6) is 0 Å². The first-order chi connectivity index (χ1) is 8.11. The predicted molar refractivity (Wildman–Crippen MR) is 66.6 cm³/mol. The van der Waals surface area contributed by atoms with Gasteiger partial charge in [0.15, 0.2) is 9.84 Å². The number of likely N-dealkylation sites (N-methyl/N-ethyl adjacent to an activating group) is 1. The minimum atomic E-state index is -2.80. The van der Waals surface area contributed by atoms with Gasteiger partial charge in [-0.2, -0.15) is 0 Å². The van der Waals surface area contributed by atoms with E-state index >= 15 is 0 Å². The second-order valence-corrected chi connectivity index (χ2v) is 6.89. The van der Waals surface area contributed by atoms with Crippen molar-refractivity contribution in [3.63, 3.8) is 0 Å². The summed E-state index contributed by atoms with van der Waals surface area (Å²) in [7, 11) is -2.80. The largest absolute Gasteiger partial charge is 0.472 e. The predicted octanol–water partition coefficient (Wildman–Crippen LogP) is 1.23. The summed E-state index contributed by atoms with van der Waals surface area (Å²) in [6.45, 7) is 2.91. The average molecular weight is 257 g/mol. The Morgan fingerprint density at radius 1 is 1.59 bits per heavy atom. The molecule has 1 fully saturated rings. The van der Waals surface area contributed by atoms with E-state index in [0.717, 1.165) is 24.9 Å². The second-order valence-electron chi connectivity index (χ2n) is 4.66. The highest BCUT2D eigenvalue weighted by atomic mass is 32.2. The van der Waals surface area contributed by atoms with E-state index in [-0.39, 0.29) is 12.0 Å². The number of rotatable bonds is 5. The Bertz CT molecular complexity index is 438. The van der Waals surface area contributed by atoms with Gasteiger partial charge in [0, 0.05) is 6.04 Å². The van der Waals surface area contributed by atoms with Gasteiger partial charge in [0.1, 0.15) is 0 Å². The van der Waals surface area contributed by atoms with Crippen LogP contribution in [0.15, 0.2) is 23.0 Å². The van der Waals surface area contributed by atoms with Crippen molar-refractivity contribution in [2.24, 2.45) is 5.92 Å². The average Bonchev–Trinajstić information content (AvgIpc) is 2.87. The van der Waals surface area contributed by atoms with E-state index in [1.165, 1.54) is 0 Å². The van der Waals surface area contributed by atoms with Gasteiger partial charge in [-0.1, -0.05) is 6.92 Å². The van der Waals surface area contributed by atoms with Crippen molar-refractivity contribution in [2.45, 2.75) is 25.8 Å². The van der Waals surface area contributed by atoms with Gasteiger partial charge >= 0.3 is 0 Å². The van der Waals surface area contributed by atoms with Crippen LogP contribution in [0.25, 0.3) is 0 Å². The number of furan rings is 1. The van der Waals surface area contributed by atoms with Crippen molar-refractivity contribution in [1.29, 1.82) is 0 Å². The molecule has 1 aromatic heterocycles. The molecule has 1 saturated heterocycles. The molecule has 0 aromatic carbocycles. The zero-order valence-electron chi connectivity index (χ0n) is 10.1. The van der Waals surface area contributed by atoms with Crippen molar-refractivity contribution in [2.75, 3.05) is 18.1 Å². The van der Waals surface area contributed by atoms with Crippen molar-refractivity contribution in [3.8, 4) is 0 Å². The van der Waals surface area contributed by atoms with Crippen LogP contribution in [0.1, 0.15) is 18.9 Å². The highest BCUT2D eigenvalue weighted by Gasteiger charge is 2.33. The van der Waals surface area contributed by atoms with Gasteiger partial charge in [-0.15, -0.1) is 0 Å². The van der Waals surface area contributed by atoms with E-state index in [1.54, 1.807) is 12.5 Å². The number of hydrogen-bond acceptors (Lipinski definition) is 4. The first kappa shape index (κ1) is 12.6. The lowest BCUT2D eigenvalue weighted by molar-refractivity contribution is 0.385. The fraction of sp³-hybridized carbons (Fsp3) is 0.667. The molecule has 1 aliphatic heterocycles. The highest BCUT2D eigenvalue weighted by Crippen LogP contribution is 2.24. The number of hydrogen-bond donors (Lipinski definition) is 1. The summed E-state index contributed by atoms with van der Waals surface area (Å²) in [5.74, 6) is 0.892. The van der Waals surface area contributed by atoms with Crippen LogP contribution in [-0.2, 0) is 16.3 Å². The van der Waals surface area contributed by atoms with Gasteiger partial charge in [0.25, 0.3) is 0 Å². The molecule has 2 rings (SSSR count). The first-order valence-corrected chi connectivity index (χ1v) is 7.88. The molecule has 0 bridgehead atoms. The van der Waals surface area contributed by atoms with Crippen molar-refractivity contribution < 1.29 is 12.8 Å². The van der Waals surface area contributed by atoms with E-state index < -0.39 is 9.84 Å². The maximum atomic E-state index is 11.5. The third-order valence-corrected chi connectivity index (χ3v) is 5.13. The molecule has 96 valence electrons. The Morgan fingerprint density at radius 2 is 2.41 bits per heavy atom. The number of sulfone groups is 1. The van der Waals surface area contributed by atoms with Crippen molar-refractivity contribution in [1.82, 2.24) is 5.32 Å². The minimum absolute atomic E-state index is 0.231. The molecule has 0 saturated carbocycles. The summed E-state index contributed by atoms with van der Waals surface area (Å²) in [5.41, 5.74) is 1.13. The van der Waals surface area contributed by atoms with Crippen molar-refractivity contribution in [3.05, 3.63) is 24.2 Å². The first-order valence-electron chi connectivity index (χ1n) is 6.05. The maximum Gasteiger partial charge on any atom is 0.150 e. The smallest absolute Gasteiger partial charge is 0.150 e. The van der Waals surface area contributed by atoms with E-state index in [9.17, 15) is 8.42 Å². The molecule has 1 aliphatic rings. The normalized spacial score (nSPS) is 24.9. The molecule has 2 heterocycles. The van der Waals surface area contributed by atoms with Crippen LogP contribution in [-0.4, -0.2) is 32.5 Å². The Hall–Kier alpha value is -0.810. The quantitative estimate of drug-likeness (QED) is 0.862. The zero-order valence-corrected chi connectivity index (χ0v) is 10.9. The van der Waals surface area contributed by atoms with E-state index in [0.29, 0.717) is 11.5 Å². The van der Waals surface area contributed by atoms with Gasteiger partial charge in [-0.05, 0) is 36.9 Å². The van der Waals surface area contributed by atoms with Gasteiger partial charge in [-0.25, -0.2) is 8.42 Å². The summed E-state index contributed by atoms with van der Waals surface area (Å²) >= 11 is 0. The van der Waals surface area contributed by atoms with E-state index in [1.807, 2.05) is 13.0 Å². The van der Waals surface area contributed by atoms with E-state index in [4.69, 9.17) is 4.42 Å². The Labute approximate surface area is 102 Å². The molecule has 0 aliphatic carbocycles. The topological polar surface area (TPSA) is 59.3 Å². The molecular formula is C12H19NO3S. The Balaban J connectivity index is 2.02. The van der Waals surface area contributed by atoms with Gasteiger partial charge in [-0.3, -0.25) is 0 Å². The SMILES string of the molecule is CCNC(Cc1ccoc1)C1CCS(=O)(=O)C1. The fourth-order valence-electron chi connectivity index (χ4n) is 2.47. The maximum absolute atomic E-state index is 11.5. The summed E-state index contributed by atoms with van der Waals surface area (Å²) in [6.07, 6.45) is 5.00. The lowest BCUT2D eigenvalue weighted by atomic mass is 9.94. The van der Waals surface area contributed by atoms with Crippen molar-refractivity contribution >= 4 is 9.84 Å². The molecule has 1 aromatic rings. The van der Waals surface area contributed by atoms with Gasteiger partial charge in [0.05, 0.1) is 24.0 Å². The standard InChI is InChI=1S/C12H19NO3S/c1-2-13-12(7-10-3-5-16-8-10)11-4-6-17(14,15)9-11/h3,5,8,11-13H,2,4,6-7,9H2,1H3. The Kier molecular flexibility index (Phi) is 3.89. The van der Waals surface area contributed by atoms with Crippen LogP contribution in [0.4, 0.5) is 0 Å². The lowest BCUT2D eigenvalue weighted by Crippen LogP contribution is -2.38. The molecule has 0 spiro atoms. The molecule has 0 amide bonds. The van der Waals surface area contributed by atoms with Crippen LogP contribution in [0.2, 0.25) is 0 Å².